The zero-order valence-corrected chi connectivity index (χ0v) is 17.3. The van der Waals surface area contributed by atoms with Crippen molar-refractivity contribution < 1.29 is 19.2 Å². The maximum Gasteiger partial charge on any atom is 0.243 e. The number of nitrogens with one attached hydrogen (secondary N) is 3. The fourth-order valence-corrected chi connectivity index (χ4v) is 3.58. The fourth-order valence-electron chi connectivity index (χ4n) is 3.58. The van der Waals surface area contributed by atoms with Crippen LogP contribution >= 0.6 is 0 Å². The van der Waals surface area contributed by atoms with Gasteiger partial charge in [0.15, 0.2) is 0 Å². The van der Waals surface area contributed by atoms with Gasteiger partial charge in [0, 0.05) is 18.7 Å². The Kier molecular flexibility index (Phi) is 7.03. The van der Waals surface area contributed by atoms with Crippen LogP contribution in [0, 0.1) is 17.2 Å². The van der Waals surface area contributed by atoms with E-state index in [9.17, 15) is 24.4 Å². The number of anilines is 1. The minimum Gasteiger partial charge on any atom is -0.345 e. The molecule has 4 amide bonds. The Morgan fingerprint density at radius 2 is 1.84 bits per heavy atom. The van der Waals surface area contributed by atoms with E-state index in [0.29, 0.717) is 12.1 Å². The van der Waals surface area contributed by atoms with Gasteiger partial charge in [-0.1, -0.05) is 24.3 Å². The van der Waals surface area contributed by atoms with Crippen LogP contribution in [0.2, 0.25) is 0 Å². The number of benzene rings is 1. The van der Waals surface area contributed by atoms with Crippen LogP contribution in [-0.4, -0.2) is 53.7 Å². The van der Waals surface area contributed by atoms with Gasteiger partial charge in [0.25, 0.3) is 0 Å². The molecule has 0 aromatic heterocycles. The lowest BCUT2D eigenvalue weighted by molar-refractivity contribution is -0.134. The molecule has 0 spiro atoms. The predicted octanol–water partition coefficient (Wildman–Crippen LogP) is 0.794. The molecule has 4 bridgehead atoms. The second-order valence-electron chi connectivity index (χ2n) is 7.68. The number of carbonyl (C=O) groups is 4. The highest BCUT2D eigenvalue weighted by Gasteiger charge is 2.38. The zero-order chi connectivity index (χ0) is 22.4. The Labute approximate surface area is 180 Å². The Hall–Kier alpha value is -3.67. The van der Waals surface area contributed by atoms with Crippen molar-refractivity contribution in [3.05, 3.63) is 35.9 Å². The van der Waals surface area contributed by atoms with Crippen molar-refractivity contribution in [1.29, 1.82) is 5.26 Å². The molecule has 3 N–H and O–H groups in total. The summed E-state index contributed by atoms with van der Waals surface area (Å²) >= 11 is 0. The summed E-state index contributed by atoms with van der Waals surface area (Å²) in [5.74, 6) is -1.98. The van der Waals surface area contributed by atoms with Gasteiger partial charge in [0.2, 0.25) is 23.6 Å². The molecule has 9 heteroatoms. The van der Waals surface area contributed by atoms with E-state index < -0.39 is 29.8 Å². The summed E-state index contributed by atoms with van der Waals surface area (Å²) in [4.78, 5) is 50.8. The van der Waals surface area contributed by atoms with Crippen molar-refractivity contribution in [2.45, 2.75) is 38.3 Å². The van der Waals surface area contributed by atoms with Crippen LogP contribution in [0.1, 0.15) is 31.7 Å². The van der Waals surface area contributed by atoms with Crippen LogP contribution in [0.4, 0.5) is 5.69 Å². The van der Waals surface area contributed by atoms with Crippen molar-refractivity contribution in [2.24, 2.45) is 5.92 Å². The Bertz CT molecular complexity index is 934. The summed E-state index contributed by atoms with van der Waals surface area (Å²) < 4.78 is 0. The highest BCUT2D eigenvalue weighted by molar-refractivity contribution is 5.94. The minimum absolute atomic E-state index is 0.103. The van der Waals surface area contributed by atoms with Gasteiger partial charge in [0.05, 0.1) is 18.5 Å². The quantitative estimate of drug-likeness (QED) is 0.568. The van der Waals surface area contributed by atoms with E-state index in [1.165, 1.54) is 11.8 Å². The maximum absolute atomic E-state index is 12.7. The number of fused-ring (bicyclic) bond motifs is 12. The SMILES string of the molecule is C[C@@H]1NC(=O)CC/C=C/c2ccc(cc2)NC(=O)C2CC(C#N)N(C2)C(=O)CNC1=O. The van der Waals surface area contributed by atoms with Crippen LogP contribution in [0.25, 0.3) is 6.08 Å². The highest BCUT2D eigenvalue weighted by Crippen LogP contribution is 2.24. The summed E-state index contributed by atoms with van der Waals surface area (Å²) in [6.45, 7) is 1.33. The number of hydrogen-bond donors (Lipinski definition) is 3. The van der Waals surface area contributed by atoms with E-state index >= 15 is 0 Å². The zero-order valence-electron chi connectivity index (χ0n) is 17.3. The molecule has 1 fully saturated rings. The lowest BCUT2D eigenvalue weighted by Gasteiger charge is -2.21. The van der Waals surface area contributed by atoms with Crippen LogP contribution in [0.15, 0.2) is 30.3 Å². The summed E-state index contributed by atoms with van der Waals surface area (Å²) in [5, 5.41) is 17.3. The lowest BCUT2D eigenvalue weighted by Crippen LogP contribution is -2.48. The number of rotatable bonds is 0. The molecule has 0 saturated carbocycles. The molecule has 1 aromatic rings. The minimum atomic E-state index is -0.800. The molecule has 0 aliphatic carbocycles. The molecule has 1 saturated heterocycles. The van der Waals surface area contributed by atoms with Crippen LogP contribution in [0.5, 0.6) is 0 Å². The lowest BCUT2D eigenvalue weighted by atomic mass is 10.1. The molecule has 3 heterocycles. The van der Waals surface area contributed by atoms with Crippen LogP contribution in [0.3, 0.4) is 0 Å². The second-order valence-corrected chi connectivity index (χ2v) is 7.68. The third-order valence-corrected chi connectivity index (χ3v) is 5.35. The number of nitrogens with zero attached hydrogens (tertiary/aromatic N) is 2. The van der Waals surface area contributed by atoms with Gasteiger partial charge in [0.1, 0.15) is 12.1 Å². The first-order valence-electron chi connectivity index (χ1n) is 10.2. The van der Waals surface area contributed by atoms with Gasteiger partial charge in [-0.05, 0) is 37.5 Å². The molecule has 31 heavy (non-hydrogen) atoms. The van der Waals surface area contributed by atoms with E-state index in [2.05, 4.69) is 22.0 Å². The number of nitriles is 1. The molecular weight excluding hydrogens is 398 g/mol. The van der Waals surface area contributed by atoms with Gasteiger partial charge < -0.3 is 20.9 Å². The summed E-state index contributed by atoms with van der Waals surface area (Å²) in [7, 11) is 0. The summed E-state index contributed by atoms with van der Waals surface area (Å²) in [6.07, 6.45) is 4.70. The largest absolute Gasteiger partial charge is 0.345 e. The van der Waals surface area contributed by atoms with Crippen molar-refractivity contribution in [3.63, 3.8) is 0 Å². The first-order valence-corrected chi connectivity index (χ1v) is 10.2. The molecule has 0 radical (unpaired) electrons. The average molecular weight is 423 g/mol. The molecule has 3 aliphatic heterocycles. The maximum atomic E-state index is 12.7. The van der Waals surface area contributed by atoms with Crippen molar-refractivity contribution in [1.82, 2.24) is 15.5 Å². The van der Waals surface area contributed by atoms with E-state index in [0.717, 1.165) is 5.56 Å². The van der Waals surface area contributed by atoms with Gasteiger partial charge in [-0.25, -0.2) is 0 Å². The number of hydrogen-bond acceptors (Lipinski definition) is 5. The van der Waals surface area contributed by atoms with Crippen LogP contribution < -0.4 is 16.0 Å². The average Bonchev–Trinajstić information content (AvgIpc) is 3.20. The number of carbonyl (C=O) groups excluding carboxylic acids is 4. The Morgan fingerprint density at radius 1 is 1.10 bits per heavy atom. The Morgan fingerprint density at radius 3 is 2.55 bits per heavy atom. The topological polar surface area (TPSA) is 131 Å². The molecule has 1 aromatic carbocycles. The molecule has 4 rings (SSSR count). The van der Waals surface area contributed by atoms with E-state index in [1.54, 1.807) is 12.1 Å². The first kappa shape index (κ1) is 22.0. The van der Waals surface area contributed by atoms with Crippen molar-refractivity contribution in [2.75, 3.05) is 18.4 Å². The summed E-state index contributed by atoms with van der Waals surface area (Å²) in [5.41, 5.74) is 1.54. The van der Waals surface area contributed by atoms with Crippen molar-refractivity contribution in [3.8, 4) is 6.07 Å². The van der Waals surface area contributed by atoms with Gasteiger partial charge in [-0.2, -0.15) is 5.26 Å². The van der Waals surface area contributed by atoms with Crippen molar-refractivity contribution >= 4 is 35.4 Å². The monoisotopic (exact) mass is 423 g/mol. The normalized spacial score (nSPS) is 26.5. The van der Waals surface area contributed by atoms with Gasteiger partial charge in [-0.3, -0.25) is 19.2 Å². The standard InChI is InChI=1S/C22H25N5O4/c1-14-21(30)24-12-20(29)27-13-16(10-18(27)11-23)22(31)26-17-8-6-15(7-9-17)4-2-3-5-19(28)25-14/h2,4,6-9,14,16,18H,3,5,10,12-13H2,1H3,(H,24,30)(H,25,28)(H,26,31)/b4-2+/t14-,16?,18?/m0/s1. The Balaban J connectivity index is 1.79. The molecule has 9 nitrogen and oxygen atoms in total. The first-order chi connectivity index (χ1) is 14.9. The van der Waals surface area contributed by atoms with E-state index in [-0.39, 0.29) is 37.7 Å². The summed E-state index contributed by atoms with van der Waals surface area (Å²) in [6, 6.07) is 7.77. The molecule has 162 valence electrons. The van der Waals surface area contributed by atoms with Gasteiger partial charge >= 0.3 is 0 Å². The van der Waals surface area contributed by atoms with E-state index in [1.807, 2.05) is 24.3 Å². The third kappa shape index (κ3) is 5.69. The molecule has 3 atom stereocenters. The third-order valence-electron chi connectivity index (χ3n) is 5.35. The molecular formula is C22H25N5O4. The van der Waals surface area contributed by atoms with Crippen LogP contribution in [-0.2, 0) is 19.2 Å². The molecule has 2 unspecified atom stereocenters. The smallest absolute Gasteiger partial charge is 0.243 e. The number of allylic oxidation sites excluding steroid dienone is 1. The fraction of sp³-hybridized carbons (Fsp3) is 0.409. The molecule has 3 aliphatic rings. The predicted molar refractivity (Wildman–Crippen MR) is 113 cm³/mol. The van der Waals surface area contributed by atoms with E-state index in [4.69, 9.17) is 0 Å². The second kappa shape index (κ2) is 9.89. The number of amides is 4. The highest BCUT2D eigenvalue weighted by atomic mass is 16.2. The van der Waals surface area contributed by atoms with Gasteiger partial charge in [-0.15, -0.1) is 0 Å².